The Morgan fingerprint density at radius 1 is 1.04 bits per heavy atom. The van der Waals surface area contributed by atoms with Gasteiger partial charge < -0.3 is 0 Å². The van der Waals surface area contributed by atoms with Gasteiger partial charge in [-0.15, -0.1) is 0 Å². The van der Waals surface area contributed by atoms with Gasteiger partial charge in [-0.3, -0.25) is 4.79 Å². The molecule has 7 heteroatoms. The largest absolute Gasteiger partial charge is 0.294 e. The number of nitrogens with zero attached hydrogens (tertiary/aromatic N) is 1. The molecule has 2 aromatic rings. The summed E-state index contributed by atoms with van der Waals surface area (Å²) < 4.78 is 27.1. The van der Waals surface area contributed by atoms with E-state index in [9.17, 15) is 13.2 Å². The van der Waals surface area contributed by atoms with Gasteiger partial charge in [0.1, 0.15) is 0 Å². The Morgan fingerprint density at radius 2 is 1.67 bits per heavy atom. The van der Waals surface area contributed by atoms with E-state index < -0.39 is 10.0 Å². The van der Waals surface area contributed by atoms with Crippen molar-refractivity contribution in [2.75, 3.05) is 6.54 Å². The van der Waals surface area contributed by atoms with Gasteiger partial charge >= 0.3 is 0 Å². The Hall–Kier alpha value is -1.40. The first-order chi connectivity index (χ1) is 11.3. The molecule has 0 spiro atoms. The third-order valence-electron chi connectivity index (χ3n) is 4.04. The van der Waals surface area contributed by atoms with Crippen LogP contribution in [0.25, 0.3) is 0 Å². The lowest BCUT2D eigenvalue weighted by molar-refractivity contribution is 0.0981. The molecule has 0 amide bonds. The van der Waals surface area contributed by atoms with Crippen LogP contribution in [-0.2, 0) is 16.6 Å². The number of carbonyl (C=O) groups is 1. The van der Waals surface area contributed by atoms with Crippen LogP contribution in [-0.4, -0.2) is 25.1 Å². The minimum atomic E-state index is -3.69. The molecule has 3 rings (SSSR count). The summed E-state index contributed by atoms with van der Waals surface area (Å²) in [4.78, 5) is 12.5. The Balaban J connectivity index is 2.02. The van der Waals surface area contributed by atoms with Crippen LogP contribution in [0.1, 0.15) is 27.9 Å². The molecular weight excluding hydrogens is 369 g/mol. The number of aryl methyl sites for hydroxylation is 1. The van der Waals surface area contributed by atoms with Crippen molar-refractivity contribution in [3.8, 4) is 0 Å². The van der Waals surface area contributed by atoms with Crippen molar-refractivity contribution < 1.29 is 13.2 Å². The SMILES string of the molecule is Cc1ccc(S(=O)(=O)N2CCC(=O)c3cc(Cl)c(Cl)cc3C2)cc1. The zero-order valence-electron chi connectivity index (χ0n) is 12.9. The highest BCUT2D eigenvalue weighted by molar-refractivity contribution is 7.89. The van der Waals surface area contributed by atoms with Crippen LogP contribution in [0.5, 0.6) is 0 Å². The molecule has 2 aromatic carbocycles. The predicted molar refractivity (Wildman–Crippen MR) is 94.2 cm³/mol. The van der Waals surface area contributed by atoms with Crippen LogP contribution in [0.2, 0.25) is 10.0 Å². The third-order valence-corrected chi connectivity index (χ3v) is 6.62. The van der Waals surface area contributed by atoms with E-state index in [0.29, 0.717) is 21.2 Å². The summed E-state index contributed by atoms with van der Waals surface area (Å²) in [5, 5.41) is 0.594. The van der Waals surface area contributed by atoms with Crippen molar-refractivity contribution in [2.24, 2.45) is 0 Å². The summed E-state index contributed by atoms with van der Waals surface area (Å²) in [6, 6.07) is 9.74. The van der Waals surface area contributed by atoms with Gasteiger partial charge in [0.15, 0.2) is 5.78 Å². The molecule has 0 N–H and O–H groups in total. The van der Waals surface area contributed by atoms with Gasteiger partial charge in [0.25, 0.3) is 0 Å². The van der Waals surface area contributed by atoms with E-state index in [1.165, 1.54) is 10.4 Å². The Morgan fingerprint density at radius 3 is 2.33 bits per heavy atom. The molecule has 0 aliphatic carbocycles. The smallest absolute Gasteiger partial charge is 0.243 e. The molecule has 24 heavy (non-hydrogen) atoms. The number of hydrogen-bond acceptors (Lipinski definition) is 3. The molecule has 0 atom stereocenters. The van der Waals surface area contributed by atoms with Crippen LogP contribution < -0.4 is 0 Å². The van der Waals surface area contributed by atoms with E-state index in [1.54, 1.807) is 30.3 Å². The maximum absolute atomic E-state index is 12.9. The first-order valence-corrected chi connectivity index (χ1v) is 9.56. The van der Waals surface area contributed by atoms with Crippen LogP contribution >= 0.6 is 23.2 Å². The highest BCUT2D eigenvalue weighted by Gasteiger charge is 2.30. The number of sulfonamides is 1. The second-order valence-corrected chi connectivity index (χ2v) is 8.50. The van der Waals surface area contributed by atoms with Crippen LogP contribution in [0.3, 0.4) is 0 Å². The molecule has 0 saturated heterocycles. The van der Waals surface area contributed by atoms with Crippen LogP contribution in [0, 0.1) is 6.92 Å². The van der Waals surface area contributed by atoms with Crippen LogP contribution in [0.15, 0.2) is 41.3 Å². The second kappa shape index (κ2) is 6.48. The lowest BCUT2D eigenvalue weighted by Gasteiger charge is -2.20. The van der Waals surface area contributed by atoms with Gasteiger partial charge in [-0.1, -0.05) is 40.9 Å². The molecule has 0 unspecified atom stereocenters. The summed E-state index contributed by atoms with van der Waals surface area (Å²) in [5.41, 5.74) is 1.99. The number of rotatable bonds is 2. The van der Waals surface area contributed by atoms with Gasteiger partial charge in [0, 0.05) is 25.1 Å². The fraction of sp³-hybridized carbons (Fsp3) is 0.235. The fourth-order valence-corrected chi connectivity index (χ4v) is 4.44. The molecular formula is C17H15Cl2NO3S. The molecule has 1 heterocycles. The Bertz CT molecular complexity index is 908. The van der Waals surface area contributed by atoms with Crippen LogP contribution in [0.4, 0.5) is 0 Å². The first kappa shape index (κ1) is 17.4. The minimum absolute atomic E-state index is 0.0914. The quantitative estimate of drug-likeness (QED) is 0.784. The zero-order chi connectivity index (χ0) is 17.5. The number of hydrogen-bond donors (Lipinski definition) is 0. The lowest BCUT2D eigenvalue weighted by Crippen LogP contribution is -2.31. The summed E-state index contributed by atoms with van der Waals surface area (Å²) in [6.45, 7) is 2.11. The normalized spacial score (nSPS) is 15.9. The maximum atomic E-state index is 12.9. The molecule has 0 aromatic heterocycles. The van der Waals surface area contributed by atoms with Crippen molar-refractivity contribution in [3.05, 3.63) is 63.1 Å². The molecule has 0 saturated carbocycles. The Kier molecular flexibility index (Phi) is 4.71. The summed E-state index contributed by atoms with van der Waals surface area (Å²) in [7, 11) is -3.69. The molecule has 0 radical (unpaired) electrons. The molecule has 0 bridgehead atoms. The van der Waals surface area contributed by atoms with Crippen molar-refractivity contribution in [1.29, 1.82) is 0 Å². The molecule has 1 aliphatic rings. The average molecular weight is 384 g/mol. The number of ketones is 1. The van der Waals surface area contributed by atoms with Gasteiger partial charge in [0.2, 0.25) is 10.0 Å². The number of benzene rings is 2. The monoisotopic (exact) mass is 383 g/mol. The average Bonchev–Trinajstić information content (AvgIpc) is 2.69. The van der Waals surface area contributed by atoms with Gasteiger partial charge in [-0.2, -0.15) is 4.31 Å². The van der Waals surface area contributed by atoms with Gasteiger partial charge in [-0.05, 0) is 36.8 Å². The van der Waals surface area contributed by atoms with E-state index in [4.69, 9.17) is 23.2 Å². The summed E-state index contributed by atoms with van der Waals surface area (Å²) >= 11 is 12.0. The lowest BCUT2D eigenvalue weighted by atomic mass is 10.0. The molecule has 0 fully saturated rings. The number of halogens is 2. The van der Waals surface area contributed by atoms with E-state index in [0.717, 1.165) is 5.56 Å². The molecule has 4 nitrogen and oxygen atoms in total. The maximum Gasteiger partial charge on any atom is 0.243 e. The first-order valence-electron chi connectivity index (χ1n) is 7.37. The van der Waals surface area contributed by atoms with Crippen molar-refractivity contribution >= 4 is 39.0 Å². The summed E-state index contributed by atoms with van der Waals surface area (Å²) in [6.07, 6.45) is 0.107. The van der Waals surface area contributed by atoms with Gasteiger partial charge in [0.05, 0.1) is 14.9 Å². The standard InChI is InChI=1S/C17H15Cl2NO3S/c1-11-2-4-13(5-3-11)24(22,23)20-7-6-17(21)14-9-16(19)15(18)8-12(14)10-20/h2-5,8-9H,6-7,10H2,1H3. The molecule has 126 valence electrons. The Labute approximate surface area is 151 Å². The topological polar surface area (TPSA) is 54.5 Å². The van der Waals surface area contributed by atoms with E-state index in [2.05, 4.69) is 0 Å². The number of carbonyl (C=O) groups excluding carboxylic acids is 1. The van der Waals surface area contributed by atoms with Crippen molar-refractivity contribution in [2.45, 2.75) is 24.8 Å². The minimum Gasteiger partial charge on any atom is -0.294 e. The highest BCUT2D eigenvalue weighted by atomic mass is 35.5. The van der Waals surface area contributed by atoms with E-state index >= 15 is 0 Å². The molecule has 1 aliphatic heterocycles. The van der Waals surface area contributed by atoms with E-state index in [-0.39, 0.29) is 30.2 Å². The van der Waals surface area contributed by atoms with Crippen molar-refractivity contribution in [3.63, 3.8) is 0 Å². The summed E-state index contributed by atoms with van der Waals surface area (Å²) in [5.74, 6) is -0.134. The zero-order valence-corrected chi connectivity index (χ0v) is 15.2. The number of Topliss-reactive ketones (excluding diaryl/α,β-unsaturated/α-hetero) is 1. The van der Waals surface area contributed by atoms with Crippen molar-refractivity contribution in [1.82, 2.24) is 4.31 Å². The third kappa shape index (κ3) is 3.22. The second-order valence-electron chi connectivity index (χ2n) is 5.75. The van der Waals surface area contributed by atoms with Gasteiger partial charge in [-0.25, -0.2) is 8.42 Å². The highest BCUT2D eigenvalue weighted by Crippen LogP contribution is 2.31. The fourth-order valence-electron chi connectivity index (χ4n) is 2.67. The number of fused-ring (bicyclic) bond motifs is 1. The van der Waals surface area contributed by atoms with E-state index in [1.807, 2.05) is 6.92 Å². The predicted octanol–water partition coefficient (Wildman–Crippen LogP) is 4.08.